The van der Waals surface area contributed by atoms with Crippen LogP contribution in [0, 0.1) is 0 Å². The van der Waals surface area contributed by atoms with Gasteiger partial charge < -0.3 is 9.84 Å². The fourth-order valence-corrected chi connectivity index (χ4v) is 2.51. The first-order valence-electron chi connectivity index (χ1n) is 6.56. The molecule has 0 aliphatic carbocycles. The van der Waals surface area contributed by atoms with Gasteiger partial charge in [-0.2, -0.15) is 0 Å². The van der Waals surface area contributed by atoms with Crippen molar-refractivity contribution in [3.63, 3.8) is 0 Å². The molecule has 21 heavy (non-hydrogen) atoms. The van der Waals surface area contributed by atoms with Gasteiger partial charge in [0.05, 0.1) is 0 Å². The Morgan fingerprint density at radius 3 is 2.38 bits per heavy atom. The highest BCUT2D eigenvalue weighted by atomic mass is 35.5. The Morgan fingerprint density at radius 1 is 1.05 bits per heavy atom. The predicted octanol–water partition coefficient (Wildman–Crippen LogP) is 3.38. The summed E-state index contributed by atoms with van der Waals surface area (Å²) in [6.45, 7) is 0. The van der Waals surface area contributed by atoms with Crippen LogP contribution in [0.25, 0.3) is 5.57 Å². The van der Waals surface area contributed by atoms with Crippen molar-refractivity contribution in [2.75, 3.05) is 0 Å². The van der Waals surface area contributed by atoms with Crippen LogP contribution in [0.5, 0.6) is 0 Å². The molecule has 0 radical (unpaired) electrons. The van der Waals surface area contributed by atoms with Crippen molar-refractivity contribution < 1.29 is 14.6 Å². The van der Waals surface area contributed by atoms with Crippen LogP contribution in [-0.2, 0) is 9.53 Å². The van der Waals surface area contributed by atoms with Gasteiger partial charge in [-0.1, -0.05) is 54.1 Å². The third kappa shape index (κ3) is 2.84. The number of aliphatic hydroxyl groups excluding tert-OH is 1. The van der Waals surface area contributed by atoms with Crippen LogP contribution in [0.15, 0.2) is 60.7 Å². The van der Waals surface area contributed by atoms with Crippen molar-refractivity contribution in [1.29, 1.82) is 0 Å². The lowest BCUT2D eigenvalue weighted by atomic mass is 9.94. The highest BCUT2D eigenvalue weighted by Gasteiger charge is 2.34. The molecule has 3 nitrogen and oxygen atoms in total. The zero-order valence-electron chi connectivity index (χ0n) is 11.1. The van der Waals surface area contributed by atoms with Gasteiger partial charge in [0.25, 0.3) is 0 Å². The van der Waals surface area contributed by atoms with Gasteiger partial charge >= 0.3 is 5.97 Å². The van der Waals surface area contributed by atoms with Crippen LogP contribution >= 0.6 is 11.6 Å². The molecule has 0 unspecified atom stereocenters. The van der Waals surface area contributed by atoms with E-state index >= 15 is 0 Å². The Balaban J connectivity index is 1.92. The smallest absolute Gasteiger partial charge is 0.331 e. The van der Waals surface area contributed by atoms with Crippen LogP contribution in [0.4, 0.5) is 0 Å². The van der Waals surface area contributed by atoms with Crippen molar-refractivity contribution in [1.82, 2.24) is 0 Å². The number of esters is 1. The molecule has 0 saturated carbocycles. The quantitative estimate of drug-likeness (QED) is 0.884. The van der Waals surface area contributed by atoms with E-state index < -0.39 is 18.2 Å². The topological polar surface area (TPSA) is 46.5 Å². The molecule has 1 heterocycles. The molecule has 2 atom stereocenters. The van der Waals surface area contributed by atoms with E-state index in [0.717, 1.165) is 5.56 Å². The molecule has 1 aliphatic heterocycles. The highest BCUT2D eigenvalue weighted by molar-refractivity contribution is 6.30. The maximum absolute atomic E-state index is 11.6. The summed E-state index contributed by atoms with van der Waals surface area (Å²) in [5.41, 5.74) is 2.20. The van der Waals surface area contributed by atoms with E-state index in [9.17, 15) is 9.90 Å². The summed E-state index contributed by atoms with van der Waals surface area (Å²) in [6, 6.07) is 16.3. The Labute approximate surface area is 127 Å². The third-order valence-corrected chi connectivity index (χ3v) is 3.68. The van der Waals surface area contributed by atoms with E-state index in [1.807, 2.05) is 30.3 Å². The molecule has 0 aromatic heterocycles. The van der Waals surface area contributed by atoms with E-state index in [-0.39, 0.29) is 0 Å². The summed E-state index contributed by atoms with van der Waals surface area (Å²) in [5.74, 6) is -0.438. The highest BCUT2D eigenvalue weighted by Crippen LogP contribution is 2.34. The van der Waals surface area contributed by atoms with Gasteiger partial charge in [-0.25, -0.2) is 4.79 Å². The number of halogens is 1. The molecular weight excluding hydrogens is 288 g/mol. The van der Waals surface area contributed by atoms with E-state index in [0.29, 0.717) is 16.2 Å². The van der Waals surface area contributed by atoms with Crippen molar-refractivity contribution >= 4 is 23.1 Å². The maximum Gasteiger partial charge on any atom is 0.331 e. The molecule has 2 aromatic carbocycles. The standard InChI is InChI=1S/C17H13ClO3/c18-13-8-6-12(7-9-13)16(20)17-14(10-15(19)21-17)11-4-2-1-3-5-11/h1-10,16-17,20H/t16-,17+/m1/s1. The second kappa shape index (κ2) is 5.72. The number of aliphatic hydroxyl groups is 1. The third-order valence-electron chi connectivity index (χ3n) is 3.43. The average Bonchev–Trinajstić information content (AvgIpc) is 2.90. The molecule has 0 fully saturated rings. The van der Waals surface area contributed by atoms with Crippen LogP contribution in [0.1, 0.15) is 17.2 Å². The SMILES string of the molecule is O=C1C=C(c2ccccc2)[C@@H]([C@H](O)c2ccc(Cl)cc2)O1. The number of ether oxygens (including phenoxy) is 1. The molecule has 1 N–H and O–H groups in total. The molecular formula is C17H13ClO3. The zero-order chi connectivity index (χ0) is 14.8. The van der Waals surface area contributed by atoms with Gasteiger partial charge in [0.15, 0.2) is 6.10 Å². The molecule has 0 saturated heterocycles. The number of carbonyl (C=O) groups is 1. The zero-order valence-corrected chi connectivity index (χ0v) is 11.8. The van der Waals surface area contributed by atoms with Crippen LogP contribution in [0.2, 0.25) is 5.02 Å². The fraction of sp³-hybridized carbons (Fsp3) is 0.118. The van der Waals surface area contributed by atoms with E-state index in [1.165, 1.54) is 6.08 Å². The number of carbonyl (C=O) groups excluding carboxylic acids is 1. The molecule has 0 amide bonds. The average molecular weight is 301 g/mol. The van der Waals surface area contributed by atoms with Gasteiger partial charge in [-0.05, 0) is 23.3 Å². The van der Waals surface area contributed by atoms with Gasteiger partial charge in [0.1, 0.15) is 6.10 Å². The second-order valence-electron chi connectivity index (χ2n) is 4.82. The van der Waals surface area contributed by atoms with Crippen molar-refractivity contribution in [3.05, 3.63) is 76.8 Å². The maximum atomic E-state index is 11.6. The molecule has 4 heteroatoms. The summed E-state index contributed by atoms with van der Waals surface area (Å²) >= 11 is 5.85. The largest absolute Gasteiger partial charge is 0.451 e. The van der Waals surface area contributed by atoms with Crippen LogP contribution in [-0.4, -0.2) is 17.2 Å². The van der Waals surface area contributed by atoms with Gasteiger partial charge in [-0.3, -0.25) is 0 Å². The Bertz CT molecular complexity index is 677. The van der Waals surface area contributed by atoms with E-state index in [2.05, 4.69) is 0 Å². The summed E-state index contributed by atoms with van der Waals surface area (Å²) in [6.07, 6.45) is -0.208. The number of hydrogen-bond donors (Lipinski definition) is 1. The molecule has 0 bridgehead atoms. The lowest BCUT2D eigenvalue weighted by Gasteiger charge is -2.21. The minimum atomic E-state index is -0.930. The lowest BCUT2D eigenvalue weighted by Crippen LogP contribution is -2.21. The first-order valence-corrected chi connectivity index (χ1v) is 6.94. The predicted molar refractivity (Wildman–Crippen MR) is 80.7 cm³/mol. The minimum Gasteiger partial charge on any atom is -0.451 e. The Kier molecular flexibility index (Phi) is 3.78. The summed E-state index contributed by atoms with van der Waals surface area (Å²) in [5, 5.41) is 11.1. The Morgan fingerprint density at radius 2 is 1.71 bits per heavy atom. The molecule has 106 valence electrons. The lowest BCUT2D eigenvalue weighted by molar-refractivity contribution is -0.142. The number of cyclic esters (lactones) is 1. The number of hydrogen-bond acceptors (Lipinski definition) is 3. The monoisotopic (exact) mass is 300 g/mol. The molecule has 0 spiro atoms. The number of rotatable bonds is 3. The summed E-state index contributed by atoms with van der Waals surface area (Å²) < 4.78 is 5.26. The Hall–Kier alpha value is -2.10. The van der Waals surface area contributed by atoms with E-state index in [4.69, 9.17) is 16.3 Å². The van der Waals surface area contributed by atoms with Crippen LogP contribution in [0.3, 0.4) is 0 Å². The number of benzene rings is 2. The van der Waals surface area contributed by atoms with Crippen LogP contribution < -0.4 is 0 Å². The van der Waals surface area contributed by atoms with Crippen molar-refractivity contribution in [2.24, 2.45) is 0 Å². The normalized spacial score (nSPS) is 19.0. The first-order chi connectivity index (χ1) is 10.1. The summed E-state index contributed by atoms with van der Waals surface area (Å²) in [7, 11) is 0. The van der Waals surface area contributed by atoms with Gasteiger partial charge in [-0.15, -0.1) is 0 Å². The molecule has 2 aromatic rings. The first kappa shape index (κ1) is 13.9. The van der Waals surface area contributed by atoms with Crippen molar-refractivity contribution in [2.45, 2.75) is 12.2 Å². The van der Waals surface area contributed by atoms with Gasteiger partial charge in [0, 0.05) is 16.7 Å². The summed E-state index contributed by atoms with van der Waals surface area (Å²) in [4.78, 5) is 11.6. The van der Waals surface area contributed by atoms with E-state index in [1.54, 1.807) is 24.3 Å². The van der Waals surface area contributed by atoms with Gasteiger partial charge in [0.2, 0.25) is 0 Å². The molecule has 1 aliphatic rings. The molecule has 3 rings (SSSR count). The second-order valence-corrected chi connectivity index (χ2v) is 5.26. The minimum absolute atomic E-state index is 0.438. The van der Waals surface area contributed by atoms with Crippen molar-refractivity contribution in [3.8, 4) is 0 Å². The fourth-order valence-electron chi connectivity index (χ4n) is 2.38.